The van der Waals surface area contributed by atoms with Crippen molar-refractivity contribution in [3.8, 4) is 0 Å². The second-order valence-electron chi connectivity index (χ2n) is 5.94. The number of para-hydroxylation sites is 2. The fourth-order valence-electron chi connectivity index (χ4n) is 3.42. The van der Waals surface area contributed by atoms with Gasteiger partial charge in [-0.1, -0.05) is 31.4 Å². The Morgan fingerprint density at radius 1 is 1.10 bits per heavy atom. The molecule has 1 aromatic carbocycles. The van der Waals surface area contributed by atoms with Gasteiger partial charge in [0.15, 0.2) is 0 Å². The number of unbranched alkanes of at least 4 members (excludes halogenated alkanes) is 1. The van der Waals surface area contributed by atoms with Crippen LogP contribution in [0.4, 0.5) is 0 Å². The number of imidazole rings is 1. The van der Waals surface area contributed by atoms with Crippen molar-refractivity contribution in [3.63, 3.8) is 0 Å². The van der Waals surface area contributed by atoms with E-state index in [4.69, 9.17) is 10.7 Å². The number of benzene rings is 1. The van der Waals surface area contributed by atoms with Gasteiger partial charge in [0.25, 0.3) is 0 Å². The number of nitrogens with zero attached hydrogens (tertiary/aromatic N) is 2. The highest BCUT2D eigenvalue weighted by molar-refractivity contribution is 5.76. The maximum atomic E-state index is 5.64. The molecule has 0 bridgehead atoms. The maximum absolute atomic E-state index is 5.64. The van der Waals surface area contributed by atoms with Gasteiger partial charge in [0.1, 0.15) is 5.82 Å². The van der Waals surface area contributed by atoms with Gasteiger partial charge in [-0.2, -0.15) is 0 Å². The lowest BCUT2D eigenvalue weighted by Crippen LogP contribution is -2.13. The molecule has 3 rings (SSSR count). The summed E-state index contributed by atoms with van der Waals surface area (Å²) in [4.78, 5) is 4.95. The summed E-state index contributed by atoms with van der Waals surface area (Å²) in [5, 5.41) is 0. The van der Waals surface area contributed by atoms with E-state index >= 15 is 0 Å². The van der Waals surface area contributed by atoms with Gasteiger partial charge in [0.05, 0.1) is 11.0 Å². The number of fused-ring (bicyclic) bond motifs is 1. The number of rotatable bonds is 5. The second kappa shape index (κ2) is 6.40. The van der Waals surface area contributed by atoms with Crippen LogP contribution in [-0.2, 0) is 6.54 Å². The minimum Gasteiger partial charge on any atom is -0.330 e. The lowest BCUT2D eigenvalue weighted by atomic mass is 9.88. The van der Waals surface area contributed by atoms with Crippen LogP contribution in [0.15, 0.2) is 24.3 Å². The van der Waals surface area contributed by atoms with E-state index in [1.54, 1.807) is 0 Å². The first-order valence-corrected chi connectivity index (χ1v) is 8.05. The van der Waals surface area contributed by atoms with E-state index in [-0.39, 0.29) is 0 Å². The molecule has 0 radical (unpaired) electrons. The molecule has 1 fully saturated rings. The van der Waals surface area contributed by atoms with Gasteiger partial charge in [0.2, 0.25) is 0 Å². The Morgan fingerprint density at radius 3 is 2.70 bits per heavy atom. The van der Waals surface area contributed by atoms with Crippen molar-refractivity contribution in [2.75, 3.05) is 6.54 Å². The minimum absolute atomic E-state index is 0.661. The molecule has 2 N–H and O–H groups in total. The molecule has 108 valence electrons. The Labute approximate surface area is 121 Å². The highest BCUT2D eigenvalue weighted by Gasteiger charge is 2.21. The van der Waals surface area contributed by atoms with Crippen LogP contribution in [0.5, 0.6) is 0 Å². The summed E-state index contributed by atoms with van der Waals surface area (Å²) in [5.74, 6) is 1.98. The van der Waals surface area contributed by atoms with Crippen LogP contribution in [0.2, 0.25) is 0 Å². The first kappa shape index (κ1) is 13.6. The summed E-state index contributed by atoms with van der Waals surface area (Å²) in [6, 6.07) is 8.55. The Morgan fingerprint density at radius 2 is 1.90 bits per heavy atom. The first-order chi connectivity index (χ1) is 9.90. The van der Waals surface area contributed by atoms with Crippen LogP contribution in [0.3, 0.4) is 0 Å². The van der Waals surface area contributed by atoms with Crippen molar-refractivity contribution < 1.29 is 0 Å². The van der Waals surface area contributed by atoms with Crippen LogP contribution in [-0.4, -0.2) is 16.1 Å². The molecular weight excluding hydrogens is 246 g/mol. The fraction of sp³-hybridized carbons (Fsp3) is 0.588. The number of aromatic nitrogens is 2. The molecule has 0 unspecified atom stereocenters. The van der Waals surface area contributed by atoms with Crippen LogP contribution >= 0.6 is 0 Å². The Hall–Kier alpha value is -1.35. The van der Waals surface area contributed by atoms with Crippen LogP contribution < -0.4 is 5.73 Å². The zero-order valence-corrected chi connectivity index (χ0v) is 12.2. The van der Waals surface area contributed by atoms with Crippen molar-refractivity contribution in [1.29, 1.82) is 0 Å². The number of aryl methyl sites for hydroxylation is 1. The molecule has 0 aliphatic heterocycles. The molecule has 1 saturated carbocycles. The average molecular weight is 271 g/mol. The molecule has 1 aliphatic carbocycles. The second-order valence-corrected chi connectivity index (χ2v) is 5.94. The number of hydrogen-bond acceptors (Lipinski definition) is 2. The SMILES string of the molecule is NCCCCn1c(C2CCCCC2)nc2ccccc21. The van der Waals surface area contributed by atoms with E-state index in [0.29, 0.717) is 5.92 Å². The first-order valence-electron chi connectivity index (χ1n) is 8.05. The van der Waals surface area contributed by atoms with Crippen molar-refractivity contribution in [1.82, 2.24) is 9.55 Å². The van der Waals surface area contributed by atoms with E-state index in [1.165, 1.54) is 43.4 Å². The van der Waals surface area contributed by atoms with Gasteiger partial charge >= 0.3 is 0 Å². The molecule has 1 heterocycles. The van der Waals surface area contributed by atoms with E-state index in [0.717, 1.165) is 31.4 Å². The van der Waals surface area contributed by atoms with E-state index in [9.17, 15) is 0 Å². The molecule has 0 spiro atoms. The third-order valence-corrected chi connectivity index (χ3v) is 4.49. The van der Waals surface area contributed by atoms with Crippen molar-refractivity contribution in [2.24, 2.45) is 5.73 Å². The molecule has 0 atom stereocenters. The summed E-state index contributed by atoms with van der Waals surface area (Å²) in [5.41, 5.74) is 8.09. The molecular formula is C17H25N3. The van der Waals surface area contributed by atoms with Crippen LogP contribution in [0.25, 0.3) is 11.0 Å². The molecule has 2 aromatic rings. The van der Waals surface area contributed by atoms with Crippen molar-refractivity contribution >= 4 is 11.0 Å². The summed E-state index contributed by atoms with van der Waals surface area (Å²) < 4.78 is 2.46. The number of hydrogen-bond donors (Lipinski definition) is 1. The molecule has 1 aromatic heterocycles. The normalized spacial score (nSPS) is 16.9. The van der Waals surface area contributed by atoms with Gasteiger partial charge in [-0.15, -0.1) is 0 Å². The van der Waals surface area contributed by atoms with Crippen molar-refractivity contribution in [2.45, 2.75) is 57.4 Å². The molecule has 0 amide bonds. The van der Waals surface area contributed by atoms with E-state index < -0.39 is 0 Å². The summed E-state index contributed by atoms with van der Waals surface area (Å²) in [6.07, 6.45) is 8.96. The highest BCUT2D eigenvalue weighted by atomic mass is 15.1. The largest absolute Gasteiger partial charge is 0.330 e. The molecule has 20 heavy (non-hydrogen) atoms. The van der Waals surface area contributed by atoms with Crippen LogP contribution in [0.1, 0.15) is 56.7 Å². The molecule has 3 nitrogen and oxygen atoms in total. The van der Waals surface area contributed by atoms with Gasteiger partial charge < -0.3 is 10.3 Å². The van der Waals surface area contributed by atoms with Crippen molar-refractivity contribution in [3.05, 3.63) is 30.1 Å². The lowest BCUT2D eigenvalue weighted by molar-refractivity contribution is 0.414. The highest BCUT2D eigenvalue weighted by Crippen LogP contribution is 2.34. The molecule has 1 aliphatic rings. The monoisotopic (exact) mass is 271 g/mol. The summed E-state index contributed by atoms with van der Waals surface area (Å²) >= 11 is 0. The van der Waals surface area contributed by atoms with Gasteiger partial charge in [-0.05, 0) is 44.4 Å². The summed E-state index contributed by atoms with van der Waals surface area (Å²) in [7, 11) is 0. The molecule has 0 saturated heterocycles. The van der Waals surface area contributed by atoms with E-state index in [2.05, 4.69) is 28.8 Å². The third kappa shape index (κ3) is 2.73. The summed E-state index contributed by atoms with van der Waals surface area (Å²) in [6.45, 7) is 1.84. The van der Waals surface area contributed by atoms with Gasteiger partial charge in [-0.3, -0.25) is 0 Å². The predicted octanol–water partition coefficient (Wildman–Crippen LogP) is 3.82. The smallest absolute Gasteiger partial charge is 0.112 e. The quantitative estimate of drug-likeness (QED) is 0.840. The Bertz CT molecular complexity index is 552. The lowest BCUT2D eigenvalue weighted by Gasteiger charge is -2.22. The third-order valence-electron chi connectivity index (χ3n) is 4.49. The maximum Gasteiger partial charge on any atom is 0.112 e. The number of nitrogens with two attached hydrogens (primary N) is 1. The Kier molecular flexibility index (Phi) is 4.36. The standard InChI is InChI=1S/C17H25N3/c18-12-6-7-13-20-16-11-5-4-10-15(16)19-17(20)14-8-2-1-3-9-14/h4-5,10-11,14H,1-3,6-9,12-13,18H2. The zero-order chi connectivity index (χ0) is 13.8. The average Bonchev–Trinajstić information content (AvgIpc) is 2.87. The predicted molar refractivity (Wildman–Crippen MR) is 83.8 cm³/mol. The van der Waals surface area contributed by atoms with Gasteiger partial charge in [0, 0.05) is 12.5 Å². The Balaban J connectivity index is 1.93. The van der Waals surface area contributed by atoms with E-state index in [1.807, 2.05) is 0 Å². The van der Waals surface area contributed by atoms with Gasteiger partial charge in [-0.25, -0.2) is 4.98 Å². The fourth-order valence-corrected chi connectivity index (χ4v) is 3.42. The topological polar surface area (TPSA) is 43.8 Å². The zero-order valence-electron chi connectivity index (χ0n) is 12.2. The minimum atomic E-state index is 0.661. The van der Waals surface area contributed by atoms with Crippen LogP contribution in [0, 0.1) is 0 Å². The molecule has 3 heteroatoms.